The summed E-state index contributed by atoms with van der Waals surface area (Å²) in [6.45, 7) is 2.01. The Balaban J connectivity index is 2.22. The molecule has 104 valence electrons. The number of nitrogens with zero attached hydrogens (tertiary/aromatic N) is 1. The molecule has 0 spiro atoms. The maximum atomic E-state index is 11.6. The van der Waals surface area contributed by atoms with Crippen LogP contribution in [0.5, 0.6) is 0 Å². The third-order valence-electron chi connectivity index (χ3n) is 3.01. The first kappa shape index (κ1) is 14.3. The zero-order valence-corrected chi connectivity index (χ0v) is 12.1. The molecule has 1 aromatic carbocycles. The Labute approximate surface area is 123 Å². The summed E-state index contributed by atoms with van der Waals surface area (Å²) in [6.07, 6.45) is 3.53. The van der Waals surface area contributed by atoms with E-state index in [1.54, 1.807) is 37.6 Å². The number of anilines is 1. The maximum absolute atomic E-state index is 11.6. The summed E-state index contributed by atoms with van der Waals surface area (Å²) in [4.78, 5) is 15.7. The van der Waals surface area contributed by atoms with Gasteiger partial charge in [0.05, 0.1) is 16.8 Å². The van der Waals surface area contributed by atoms with Crippen LogP contribution in [-0.4, -0.2) is 17.9 Å². The van der Waals surface area contributed by atoms with Gasteiger partial charge in [-0.05, 0) is 36.8 Å². The second-order valence-corrected chi connectivity index (χ2v) is 4.83. The Hall–Kier alpha value is -2.07. The van der Waals surface area contributed by atoms with Gasteiger partial charge in [0.15, 0.2) is 0 Å². The van der Waals surface area contributed by atoms with Gasteiger partial charge in [-0.2, -0.15) is 0 Å². The van der Waals surface area contributed by atoms with Crippen molar-refractivity contribution in [2.45, 2.75) is 13.0 Å². The Morgan fingerprint density at radius 2 is 2.15 bits per heavy atom. The predicted octanol–water partition coefficient (Wildman–Crippen LogP) is 3.27. The highest BCUT2D eigenvalue weighted by atomic mass is 35.5. The van der Waals surface area contributed by atoms with E-state index in [9.17, 15) is 4.79 Å². The number of amides is 1. The van der Waals surface area contributed by atoms with E-state index in [1.807, 2.05) is 19.1 Å². The third kappa shape index (κ3) is 3.27. The van der Waals surface area contributed by atoms with Crippen LogP contribution >= 0.6 is 11.6 Å². The topological polar surface area (TPSA) is 54.0 Å². The molecular formula is C15H16ClN3O. The second kappa shape index (κ2) is 6.39. The molecule has 1 heterocycles. The van der Waals surface area contributed by atoms with Gasteiger partial charge >= 0.3 is 0 Å². The number of rotatable bonds is 4. The standard InChI is InChI=1S/C15H16ClN3O/c1-10(12-4-3-7-18-9-12)19-14-8-11(15(20)17-2)5-6-13(14)16/h3-10,19H,1-2H3,(H,17,20). The van der Waals surface area contributed by atoms with Gasteiger partial charge < -0.3 is 10.6 Å². The lowest BCUT2D eigenvalue weighted by atomic mass is 10.1. The van der Waals surface area contributed by atoms with Crippen molar-refractivity contribution in [1.82, 2.24) is 10.3 Å². The minimum atomic E-state index is -0.140. The SMILES string of the molecule is CNC(=O)c1ccc(Cl)c(NC(C)c2cccnc2)c1. The number of nitrogens with one attached hydrogen (secondary N) is 2. The lowest BCUT2D eigenvalue weighted by molar-refractivity contribution is 0.0963. The van der Waals surface area contributed by atoms with Crippen molar-refractivity contribution < 1.29 is 4.79 Å². The quantitative estimate of drug-likeness (QED) is 0.908. The average molecular weight is 290 g/mol. The first-order valence-corrected chi connectivity index (χ1v) is 6.67. The van der Waals surface area contributed by atoms with E-state index in [1.165, 1.54) is 0 Å². The molecule has 0 fully saturated rings. The number of benzene rings is 1. The monoisotopic (exact) mass is 289 g/mol. The number of aromatic nitrogens is 1. The predicted molar refractivity (Wildman–Crippen MR) is 81.1 cm³/mol. The van der Waals surface area contributed by atoms with E-state index in [-0.39, 0.29) is 11.9 Å². The van der Waals surface area contributed by atoms with E-state index < -0.39 is 0 Å². The Morgan fingerprint density at radius 1 is 1.35 bits per heavy atom. The summed E-state index contributed by atoms with van der Waals surface area (Å²) in [5.41, 5.74) is 2.34. The van der Waals surface area contributed by atoms with Gasteiger partial charge in [0.1, 0.15) is 0 Å². The number of pyridine rings is 1. The summed E-state index contributed by atoms with van der Waals surface area (Å²) in [5.74, 6) is -0.140. The number of carbonyl (C=O) groups excluding carboxylic acids is 1. The van der Waals surface area contributed by atoms with Crippen molar-refractivity contribution in [3.63, 3.8) is 0 Å². The molecule has 2 N–H and O–H groups in total. The van der Waals surface area contributed by atoms with E-state index in [2.05, 4.69) is 15.6 Å². The molecule has 0 saturated heterocycles. The molecular weight excluding hydrogens is 274 g/mol. The zero-order valence-electron chi connectivity index (χ0n) is 11.4. The van der Waals surface area contributed by atoms with Gasteiger partial charge in [-0.3, -0.25) is 9.78 Å². The van der Waals surface area contributed by atoms with Crippen molar-refractivity contribution in [1.29, 1.82) is 0 Å². The van der Waals surface area contributed by atoms with Crippen LogP contribution in [0.3, 0.4) is 0 Å². The Bertz CT molecular complexity index is 601. The van der Waals surface area contributed by atoms with Crippen molar-refractivity contribution in [2.75, 3.05) is 12.4 Å². The molecule has 2 rings (SSSR count). The van der Waals surface area contributed by atoms with Crippen LogP contribution in [0.1, 0.15) is 28.9 Å². The number of carbonyl (C=O) groups is 1. The molecule has 0 saturated carbocycles. The summed E-state index contributed by atoms with van der Waals surface area (Å²) in [5, 5.41) is 6.46. The highest BCUT2D eigenvalue weighted by Gasteiger charge is 2.11. The lowest BCUT2D eigenvalue weighted by Gasteiger charge is -2.17. The number of hydrogen-bond acceptors (Lipinski definition) is 3. The summed E-state index contributed by atoms with van der Waals surface area (Å²) in [6, 6.07) is 9.07. The molecule has 0 aliphatic carbocycles. The lowest BCUT2D eigenvalue weighted by Crippen LogP contribution is -2.18. The van der Waals surface area contributed by atoms with E-state index >= 15 is 0 Å². The number of halogens is 1. The number of hydrogen-bond donors (Lipinski definition) is 2. The van der Waals surface area contributed by atoms with Crippen LogP contribution in [-0.2, 0) is 0 Å². The van der Waals surface area contributed by atoms with Gasteiger partial charge in [-0.15, -0.1) is 0 Å². The smallest absolute Gasteiger partial charge is 0.251 e. The van der Waals surface area contributed by atoms with Crippen LogP contribution in [0.4, 0.5) is 5.69 Å². The van der Waals surface area contributed by atoms with Crippen molar-refractivity contribution in [3.8, 4) is 0 Å². The van der Waals surface area contributed by atoms with Crippen molar-refractivity contribution in [3.05, 3.63) is 58.9 Å². The average Bonchev–Trinajstić information content (AvgIpc) is 2.49. The molecule has 4 nitrogen and oxygen atoms in total. The molecule has 20 heavy (non-hydrogen) atoms. The van der Waals surface area contributed by atoms with Crippen LogP contribution in [0, 0.1) is 0 Å². The van der Waals surface area contributed by atoms with Crippen molar-refractivity contribution in [2.24, 2.45) is 0 Å². The van der Waals surface area contributed by atoms with E-state index in [4.69, 9.17) is 11.6 Å². The molecule has 1 unspecified atom stereocenters. The second-order valence-electron chi connectivity index (χ2n) is 4.43. The van der Waals surface area contributed by atoms with E-state index in [0.717, 1.165) is 11.3 Å². The van der Waals surface area contributed by atoms with Gasteiger partial charge in [0.25, 0.3) is 5.91 Å². The van der Waals surface area contributed by atoms with Crippen LogP contribution < -0.4 is 10.6 Å². The highest BCUT2D eigenvalue weighted by molar-refractivity contribution is 6.33. The Morgan fingerprint density at radius 3 is 2.80 bits per heavy atom. The third-order valence-corrected chi connectivity index (χ3v) is 3.34. The fourth-order valence-corrected chi connectivity index (χ4v) is 2.04. The fourth-order valence-electron chi connectivity index (χ4n) is 1.87. The van der Waals surface area contributed by atoms with Crippen LogP contribution in [0.25, 0.3) is 0 Å². The summed E-state index contributed by atoms with van der Waals surface area (Å²) in [7, 11) is 1.60. The highest BCUT2D eigenvalue weighted by Crippen LogP contribution is 2.27. The minimum Gasteiger partial charge on any atom is -0.377 e. The molecule has 0 radical (unpaired) electrons. The van der Waals surface area contributed by atoms with Crippen molar-refractivity contribution >= 4 is 23.2 Å². The van der Waals surface area contributed by atoms with E-state index in [0.29, 0.717) is 10.6 Å². The molecule has 5 heteroatoms. The largest absolute Gasteiger partial charge is 0.377 e. The molecule has 0 aliphatic rings. The van der Waals surface area contributed by atoms with Gasteiger partial charge in [-0.1, -0.05) is 17.7 Å². The summed E-state index contributed by atoms with van der Waals surface area (Å²) < 4.78 is 0. The molecule has 2 aromatic rings. The molecule has 0 bridgehead atoms. The van der Waals surface area contributed by atoms with Crippen LogP contribution in [0.15, 0.2) is 42.7 Å². The van der Waals surface area contributed by atoms with Gasteiger partial charge in [-0.25, -0.2) is 0 Å². The first-order chi connectivity index (χ1) is 9.61. The zero-order chi connectivity index (χ0) is 14.5. The molecule has 1 atom stereocenters. The van der Waals surface area contributed by atoms with Gasteiger partial charge in [0.2, 0.25) is 0 Å². The normalized spacial score (nSPS) is 11.8. The summed E-state index contributed by atoms with van der Waals surface area (Å²) >= 11 is 6.17. The molecule has 0 aliphatic heterocycles. The first-order valence-electron chi connectivity index (χ1n) is 6.30. The molecule has 1 amide bonds. The maximum Gasteiger partial charge on any atom is 0.251 e. The molecule has 1 aromatic heterocycles. The van der Waals surface area contributed by atoms with Gasteiger partial charge in [0, 0.05) is 25.0 Å². The van der Waals surface area contributed by atoms with Crippen LogP contribution in [0.2, 0.25) is 5.02 Å². The minimum absolute atomic E-state index is 0.0427. The Kier molecular flexibility index (Phi) is 4.58. The fraction of sp³-hybridized carbons (Fsp3) is 0.200.